The number of halogens is 2. The molecule has 7 heteroatoms. The molecular formula is C11H14Cl2N2O3. The molecule has 0 radical (unpaired) electrons. The van der Waals surface area contributed by atoms with Gasteiger partial charge in [0.05, 0.1) is 11.6 Å². The van der Waals surface area contributed by atoms with Crippen LogP contribution in [0.5, 0.6) is 0 Å². The largest absolute Gasteiger partial charge is 0.354 e. The van der Waals surface area contributed by atoms with Gasteiger partial charge in [0.15, 0.2) is 6.29 Å². The van der Waals surface area contributed by atoms with Crippen molar-refractivity contribution < 1.29 is 14.3 Å². The molecule has 0 aliphatic rings. The van der Waals surface area contributed by atoms with Crippen LogP contribution in [0.4, 0.5) is 0 Å². The first-order valence-electron chi connectivity index (χ1n) is 5.18. The molecule has 0 aliphatic heterocycles. The van der Waals surface area contributed by atoms with Crippen LogP contribution < -0.4 is 5.32 Å². The second-order valence-electron chi connectivity index (χ2n) is 3.57. The van der Waals surface area contributed by atoms with Gasteiger partial charge in [0.2, 0.25) is 0 Å². The van der Waals surface area contributed by atoms with Crippen LogP contribution in [0.15, 0.2) is 12.1 Å². The highest BCUT2D eigenvalue weighted by atomic mass is 35.5. The van der Waals surface area contributed by atoms with E-state index in [-0.39, 0.29) is 27.8 Å². The van der Waals surface area contributed by atoms with Crippen molar-refractivity contribution in [2.75, 3.05) is 14.2 Å². The number of hydrogen-bond acceptors (Lipinski definition) is 4. The third-order valence-corrected chi connectivity index (χ3v) is 2.79. The number of nitrogens with one attached hydrogen (secondary N) is 1. The molecule has 0 aromatic carbocycles. The summed E-state index contributed by atoms with van der Waals surface area (Å²) >= 11 is 11.5. The Kier molecular flexibility index (Phi) is 5.81. The first kappa shape index (κ1) is 15.2. The highest BCUT2D eigenvalue weighted by Crippen LogP contribution is 2.16. The van der Waals surface area contributed by atoms with Gasteiger partial charge in [-0.25, -0.2) is 4.98 Å². The number of amides is 1. The van der Waals surface area contributed by atoms with Crippen molar-refractivity contribution in [2.45, 2.75) is 19.3 Å². The first-order chi connectivity index (χ1) is 8.49. The normalized spacial score (nSPS) is 12.6. The van der Waals surface area contributed by atoms with E-state index in [0.717, 1.165) is 0 Å². The van der Waals surface area contributed by atoms with Crippen LogP contribution >= 0.6 is 23.2 Å². The summed E-state index contributed by atoms with van der Waals surface area (Å²) in [6.07, 6.45) is -0.534. The second-order valence-corrected chi connectivity index (χ2v) is 4.32. The van der Waals surface area contributed by atoms with Crippen molar-refractivity contribution in [2.24, 2.45) is 0 Å². The lowest BCUT2D eigenvalue weighted by molar-refractivity contribution is -0.117. The summed E-state index contributed by atoms with van der Waals surface area (Å²) in [5, 5.41) is 2.99. The van der Waals surface area contributed by atoms with E-state index in [1.807, 2.05) is 0 Å². The van der Waals surface area contributed by atoms with E-state index in [4.69, 9.17) is 32.7 Å². The molecule has 1 heterocycles. The highest BCUT2D eigenvalue weighted by Gasteiger charge is 2.20. The van der Waals surface area contributed by atoms with Crippen LogP contribution in [0.3, 0.4) is 0 Å². The lowest BCUT2D eigenvalue weighted by atomic mass is 10.2. The summed E-state index contributed by atoms with van der Waals surface area (Å²) in [6, 6.07) is 2.67. The maximum absolute atomic E-state index is 11.9. The minimum Gasteiger partial charge on any atom is -0.354 e. The zero-order chi connectivity index (χ0) is 13.7. The van der Waals surface area contributed by atoms with E-state index in [9.17, 15) is 4.79 Å². The lowest BCUT2D eigenvalue weighted by Gasteiger charge is -2.22. The Morgan fingerprint density at radius 3 is 2.44 bits per heavy atom. The van der Waals surface area contributed by atoms with Gasteiger partial charge in [-0.15, -0.1) is 0 Å². The zero-order valence-electron chi connectivity index (χ0n) is 10.2. The van der Waals surface area contributed by atoms with Crippen LogP contribution in [0, 0.1) is 0 Å². The molecule has 1 atom stereocenters. The van der Waals surface area contributed by atoms with Gasteiger partial charge < -0.3 is 14.8 Å². The van der Waals surface area contributed by atoms with Crippen LogP contribution in [-0.2, 0) is 9.47 Å². The molecule has 18 heavy (non-hydrogen) atoms. The summed E-state index contributed by atoms with van der Waals surface area (Å²) in [4.78, 5) is 15.7. The Bertz CT molecular complexity index is 425. The Morgan fingerprint density at radius 2 is 1.94 bits per heavy atom. The number of methoxy groups -OCH3 is 2. The van der Waals surface area contributed by atoms with Gasteiger partial charge in [-0.3, -0.25) is 4.79 Å². The molecule has 0 spiro atoms. The van der Waals surface area contributed by atoms with Gasteiger partial charge in [0, 0.05) is 14.2 Å². The predicted molar refractivity (Wildman–Crippen MR) is 69.0 cm³/mol. The molecule has 0 fully saturated rings. The van der Waals surface area contributed by atoms with Crippen LogP contribution in [0.25, 0.3) is 0 Å². The van der Waals surface area contributed by atoms with Crippen molar-refractivity contribution in [3.8, 4) is 0 Å². The quantitative estimate of drug-likeness (QED) is 0.667. The Labute approximate surface area is 115 Å². The van der Waals surface area contributed by atoms with E-state index in [0.29, 0.717) is 0 Å². The van der Waals surface area contributed by atoms with Crippen molar-refractivity contribution >= 4 is 29.1 Å². The number of carbonyl (C=O) groups is 1. The number of nitrogens with zero attached hydrogens (tertiary/aromatic N) is 1. The standard InChI is InChI=1S/C11H14Cl2N2O3/c1-6(11(17-2)18-3)14-10(16)7-4-5-8(12)15-9(7)13/h4-6,11H,1-3H3,(H,14,16). The fourth-order valence-electron chi connectivity index (χ4n) is 1.44. The molecule has 100 valence electrons. The van der Waals surface area contributed by atoms with Crippen molar-refractivity contribution in [1.82, 2.24) is 10.3 Å². The smallest absolute Gasteiger partial charge is 0.254 e. The van der Waals surface area contributed by atoms with Gasteiger partial charge in [-0.05, 0) is 19.1 Å². The van der Waals surface area contributed by atoms with Crippen molar-refractivity contribution in [3.05, 3.63) is 28.0 Å². The molecule has 1 aromatic rings. The fraction of sp³-hybridized carbons (Fsp3) is 0.455. The van der Waals surface area contributed by atoms with Gasteiger partial charge >= 0.3 is 0 Å². The fourth-order valence-corrected chi connectivity index (χ4v) is 1.87. The third-order valence-electron chi connectivity index (χ3n) is 2.29. The van der Waals surface area contributed by atoms with Crippen LogP contribution in [-0.4, -0.2) is 37.4 Å². The van der Waals surface area contributed by atoms with Gasteiger partial charge in [0.25, 0.3) is 5.91 Å². The predicted octanol–water partition coefficient (Wildman–Crippen LogP) is 2.13. The van der Waals surface area contributed by atoms with E-state index in [2.05, 4.69) is 10.3 Å². The Hall–Kier alpha value is -0.880. The number of pyridine rings is 1. The number of aromatic nitrogens is 1. The Balaban J connectivity index is 2.76. The van der Waals surface area contributed by atoms with E-state index in [1.54, 1.807) is 6.92 Å². The Morgan fingerprint density at radius 1 is 1.33 bits per heavy atom. The second kappa shape index (κ2) is 6.89. The monoisotopic (exact) mass is 292 g/mol. The highest BCUT2D eigenvalue weighted by molar-refractivity contribution is 6.34. The van der Waals surface area contributed by atoms with Gasteiger partial charge in [-0.1, -0.05) is 23.2 Å². The summed E-state index contributed by atoms with van der Waals surface area (Å²) in [5.41, 5.74) is 0.249. The van der Waals surface area contributed by atoms with Gasteiger partial charge in [-0.2, -0.15) is 0 Å². The summed E-state index contributed by atoms with van der Waals surface area (Å²) in [5.74, 6) is -0.365. The number of hydrogen-bond donors (Lipinski definition) is 1. The number of carbonyl (C=O) groups excluding carboxylic acids is 1. The van der Waals surface area contributed by atoms with E-state index in [1.165, 1.54) is 26.4 Å². The van der Waals surface area contributed by atoms with E-state index < -0.39 is 6.29 Å². The molecule has 1 amide bonds. The van der Waals surface area contributed by atoms with Gasteiger partial charge in [0.1, 0.15) is 10.3 Å². The number of rotatable bonds is 5. The van der Waals surface area contributed by atoms with Crippen molar-refractivity contribution in [1.29, 1.82) is 0 Å². The minimum absolute atomic E-state index is 0.0542. The van der Waals surface area contributed by atoms with Crippen molar-refractivity contribution in [3.63, 3.8) is 0 Å². The lowest BCUT2D eigenvalue weighted by Crippen LogP contribution is -2.43. The van der Waals surface area contributed by atoms with Crippen LogP contribution in [0.2, 0.25) is 10.3 Å². The molecule has 1 rings (SSSR count). The molecule has 0 saturated carbocycles. The molecule has 5 nitrogen and oxygen atoms in total. The first-order valence-corrected chi connectivity index (χ1v) is 5.93. The molecule has 1 unspecified atom stereocenters. The third kappa shape index (κ3) is 3.81. The van der Waals surface area contributed by atoms with E-state index >= 15 is 0 Å². The topological polar surface area (TPSA) is 60.5 Å². The summed E-state index contributed by atoms with van der Waals surface area (Å²) in [7, 11) is 2.99. The molecule has 1 aromatic heterocycles. The number of ether oxygens (including phenoxy) is 2. The SMILES string of the molecule is COC(OC)C(C)NC(=O)c1ccc(Cl)nc1Cl. The minimum atomic E-state index is -0.534. The average Bonchev–Trinajstić information content (AvgIpc) is 2.30. The summed E-state index contributed by atoms with van der Waals surface area (Å²) in [6.45, 7) is 1.76. The molecule has 1 N–H and O–H groups in total. The molecule has 0 bridgehead atoms. The van der Waals surface area contributed by atoms with Crippen LogP contribution in [0.1, 0.15) is 17.3 Å². The average molecular weight is 293 g/mol. The zero-order valence-corrected chi connectivity index (χ0v) is 11.7. The maximum atomic E-state index is 11.9. The maximum Gasteiger partial charge on any atom is 0.254 e. The summed E-state index contributed by atoms with van der Waals surface area (Å²) < 4.78 is 10.1. The molecule has 0 saturated heterocycles. The molecule has 0 aliphatic carbocycles. The molecular weight excluding hydrogens is 279 g/mol.